The Bertz CT molecular complexity index is 778. The van der Waals surface area contributed by atoms with Crippen molar-refractivity contribution in [3.63, 3.8) is 0 Å². The highest BCUT2D eigenvalue weighted by Crippen LogP contribution is 2.20. The van der Waals surface area contributed by atoms with E-state index in [1.54, 1.807) is 17.9 Å². The Balaban J connectivity index is 2.09. The maximum Gasteiger partial charge on any atom is 0.335 e. The molecule has 6 nitrogen and oxygen atoms in total. The first-order valence-electron chi connectivity index (χ1n) is 5.92. The number of nitrogens with zero attached hydrogens (tertiary/aromatic N) is 3. The van der Waals surface area contributed by atoms with Crippen LogP contribution >= 0.6 is 0 Å². The van der Waals surface area contributed by atoms with Crippen molar-refractivity contribution in [2.45, 2.75) is 0 Å². The van der Waals surface area contributed by atoms with Crippen LogP contribution in [-0.2, 0) is 0 Å². The van der Waals surface area contributed by atoms with E-state index in [0.29, 0.717) is 5.52 Å². The second-order valence-corrected chi connectivity index (χ2v) is 4.21. The normalized spacial score (nSPS) is 10.7. The number of carboxylic acid groups (broad SMARTS) is 1. The molecule has 0 aliphatic rings. The highest BCUT2D eigenvalue weighted by molar-refractivity contribution is 5.92. The molecule has 1 aromatic heterocycles. The number of carboxylic acids is 1. The summed E-state index contributed by atoms with van der Waals surface area (Å²) in [5.74, 6) is -0.225. The highest BCUT2D eigenvalue weighted by Gasteiger charge is 2.10. The van der Waals surface area contributed by atoms with Gasteiger partial charge >= 0.3 is 5.97 Å². The largest absolute Gasteiger partial charge is 0.497 e. The first-order valence-corrected chi connectivity index (χ1v) is 5.92. The summed E-state index contributed by atoms with van der Waals surface area (Å²) in [6.45, 7) is 0. The number of methoxy groups -OCH3 is 1. The zero-order chi connectivity index (χ0) is 14.1. The third-order valence-electron chi connectivity index (χ3n) is 3.01. The number of aromatic nitrogens is 3. The molecule has 0 fully saturated rings. The van der Waals surface area contributed by atoms with Crippen LogP contribution in [0.25, 0.3) is 16.7 Å². The van der Waals surface area contributed by atoms with Gasteiger partial charge in [0.25, 0.3) is 0 Å². The molecule has 1 heterocycles. The number of hydrogen-bond acceptors (Lipinski definition) is 4. The first-order chi connectivity index (χ1) is 9.69. The summed E-state index contributed by atoms with van der Waals surface area (Å²) in [4.78, 5) is 10.9. The standard InChI is InChI=1S/C14H11N3O3/c1-20-11-5-3-10(4-6-11)17-13-7-2-9(14(18)19)8-12(13)15-16-17/h2-8H,1H3,(H,18,19). The van der Waals surface area contributed by atoms with Crippen molar-refractivity contribution < 1.29 is 14.6 Å². The second-order valence-electron chi connectivity index (χ2n) is 4.21. The van der Waals surface area contributed by atoms with Gasteiger partial charge in [0, 0.05) is 0 Å². The summed E-state index contributed by atoms with van der Waals surface area (Å²) >= 11 is 0. The van der Waals surface area contributed by atoms with Gasteiger partial charge in [-0.05, 0) is 42.5 Å². The fourth-order valence-corrected chi connectivity index (χ4v) is 1.97. The number of fused-ring (bicyclic) bond motifs is 1. The molecule has 3 aromatic rings. The molecule has 0 saturated carbocycles. The predicted molar refractivity (Wildman–Crippen MR) is 72.4 cm³/mol. The first kappa shape index (κ1) is 12.2. The second kappa shape index (κ2) is 4.65. The van der Waals surface area contributed by atoms with Gasteiger partial charge < -0.3 is 9.84 Å². The molecular formula is C14H11N3O3. The van der Waals surface area contributed by atoms with E-state index in [-0.39, 0.29) is 5.56 Å². The molecule has 0 unspecified atom stereocenters. The van der Waals surface area contributed by atoms with E-state index in [1.165, 1.54) is 12.1 Å². The van der Waals surface area contributed by atoms with E-state index in [9.17, 15) is 4.79 Å². The van der Waals surface area contributed by atoms with Crippen LogP contribution in [-0.4, -0.2) is 33.2 Å². The summed E-state index contributed by atoms with van der Waals surface area (Å²) in [5, 5.41) is 17.0. The lowest BCUT2D eigenvalue weighted by Gasteiger charge is -2.04. The molecule has 1 N–H and O–H groups in total. The summed E-state index contributed by atoms with van der Waals surface area (Å²) < 4.78 is 6.76. The van der Waals surface area contributed by atoms with Crippen molar-refractivity contribution in [3.8, 4) is 11.4 Å². The zero-order valence-corrected chi connectivity index (χ0v) is 10.6. The van der Waals surface area contributed by atoms with E-state index in [0.717, 1.165) is 17.0 Å². The summed E-state index contributed by atoms with van der Waals surface area (Å²) in [6, 6.07) is 12.1. The number of carbonyl (C=O) groups is 1. The molecule has 6 heteroatoms. The third kappa shape index (κ3) is 1.97. The molecule has 0 aliphatic heterocycles. The Morgan fingerprint density at radius 1 is 1.20 bits per heavy atom. The molecule has 0 aliphatic carbocycles. The van der Waals surface area contributed by atoms with E-state index < -0.39 is 5.97 Å². The molecule has 0 atom stereocenters. The van der Waals surface area contributed by atoms with Crippen LogP contribution in [0, 0.1) is 0 Å². The van der Waals surface area contributed by atoms with Crippen LogP contribution in [0.2, 0.25) is 0 Å². The van der Waals surface area contributed by atoms with Gasteiger partial charge in [-0.3, -0.25) is 0 Å². The van der Waals surface area contributed by atoms with E-state index in [1.807, 2.05) is 24.3 Å². The Kier molecular flexibility index (Phi) is 2.83. The fourth-order valence-electron chi connectivity index (χ4n) is 1.97. The summed E-state index contributed by atoms with van der Waals surface area (Å²) in [6.07, 6.45) is 0. The number of aromatic carboxylic acids is 1. The van der Waals surface area contributed by atoms with Crippen LogP contribution in [0.3, 0.4) is 0 Å². The van der Waals surface area contributed by atoms with E-state index in [4.69, 9.17) is 9.84 Å². The quantitative estimate of drug-likeness (QED) is 0.788. The van der Waals surface area contributed by atoms with Gasteiger partial charge in [-0.1, -0.05) is 5.21 Å². The monoisotopic (exact) mass is 269 g/mol. The Morgan fingerprint density at radius 3 is 2.60 bits per heavy atom. The van der Waals surface area contributed by atoms with Gasteiger partial charge in [-0.15, -0.1) is 5.10 Å². The minimum Gasteiger partial charge on any atom is -0.497 e. The van der Waals surface area contributed by atoms with Crippen molar-refractivity contribution in [1.82, 2.24) is 15.0 Å². The Hall–Kier alpha value is -2.89. The lowest BCUT2D eigenvalue weighted by atomic mass is 10.2. The van der Waals surface area contributed by atoms with Crippen LogP contribution in [0.1, 0.15) is 10.4 Å². The van der Waals surface area contributed by atoms with Crippen molar-refractivity contribution in [3.05, 3.63) is 48.0 Å². The maximum absolute atomic E-state index is 10.9. The molecule has 0 bridgehead atoms. The molecule has 0 radical (unpaired) electrons. The van der Waals surface area contributed by atoms with Crippen LogP contribution in [0.15, 0.2) is 42.5 Å². The molecule has 0 saturated heterocycles. The molecule has 20 heavy (non-hydrogen) atoms. The highest BCUT2D eigenvalue weighted by atomic mass is 16.5. The number of ether oxygens (including phenoxy) is 1. The lowest BCUT2D eigenvalue weighted by molar-refractivity contribution is 0.0697. The Morgan fingerprint density at radius 2 is 1.95 bits per heavy atom. The minimum atomic E-state index is -0.981. The zero-order valence-electron chi connectivity index (χ0n) is 10.6. The molecule has 3 rings (SSSR count). The Labute approximate surface area is 114 Å². The minimum absolute atomic E-state index is 0.194. The van der Waals surface area contributed by atoms with E-state index in [2.05, 4.69) is 10.3 Å². The van der Waals surface area contributed by atoms with Gasteiger partial charge in [-0.25, -0.2) is 9.48 Å². The van der Waals surface area contributed by atoms with Gasteiger partial charge in [0.1, 0.15) is 11.3 Å². The smallest absolute Gasteiger partial charge is 0.335 e. The summed E-state index contributed by atoms with van der Waals surface area (Å²) in [7, 11) is 1.60. The van der Waals surface area contributed by atoms with Crippen molar-refractivity contribution in [1.29, 1.82) is 0 Å². The lowest BCUT2D eigenvalue weighted by Crippen LogP contribution is -1.98. The molecule has 0 spiro atoms. The number of hydrogen-bond donors (Lipinski definition) is 1. The van der Waals surface area contributed by atoms with Gasteiger partial charge in [-0.2, -0.15) is 0 Å². The molecular weight excluding hydrogens is 258 g/mol. The van der Waals surface area contributed by atoms with Crippen LogP contribution in [0.4, 0.5) is 0 Å². The van der Waals surface area contributed by atoms with Crippen molar-refractivity contribution in [2.24, 2.45) is 0 Å². The van der Waals surface area contributed by atoms with Gasteiger partial charge in [0.2, 0.25) is 0 Å². The average Bonchev–Trinajstić information content (AvgIpc) is 2.90. The maximum atomic E-state index is 10.9. The van der Waals surface area contributed by atoms with Gasteiger partial charge in [0.05, 0.1) is 23.9 Å². The van der Waals surface area contributed by atoms with Gasteiger partial charge in [0.15, 0.2) is 0 Å². The topological polar surface area (TPSA) is 77.2 Å². The average molecular weight is 269 g/mol. The van der Waals surface area contributed by atoms with Crippen LogP contribution < -0.4 is 4.74 Å². The number of benzene rings is 2. The van der Waals surface area contributed by atoms with Crippen molar-refractivity contribution >= 4 is 17.0 Å². The van der Waals surface area contributed by atoms with Crippen LogP contribution in [0.5, 0.6) is 5.75 Å². The predicted octanol–water partition coefficient (Wildman–Crippen LogP) is 2.13. The molecule has 100 valence electrons. The fraction of sp³-hybridized carbons (Fsp3) is 0.0714. The summed E-state index contributed by atoms with van der Waals surface area (Å²) in [5.41, 5.74) is 2.32. The molecule has 2 aromatic carbocycles. The van der Waals surface area contributed by atoms with Crippen molar-refractivity contribution in [2.75, 3.05) is 7.11 Å². The SMILES string of the molecule is COc1ccc(-n2nnc3cc(C(=O)O)ccc32)cc1. The third-order valence-corrected chi connectivity index (χ3v) is 3.01. The number of rotatable bonds is 3. The van der Waals surface area contributed by atoms with E-state index >= 15 is 0 Å². The molecule has 0 amide bonds.